The number of aryl methyl sites for hydroxylation is 1. The number of hydrogen-bond acceptors (Lipinski definition) is 1. The molecule has 0 heterocycles. The van der Waals surface area contributed by atoms with Gasteiger partial charge in [-0.3, -0.25) is 4.79 Å². The van der Waals surface area contributed by atoms with E-state index in [9.17, 15) is 4.79 Å². The summed E-state index contributed by atoms with van der Waals surface area (Å²) >= 11 is 3.48. The molecule has 0 aliphatic carbocycles. The van der Waals surface area contributed by atoms with Gasteiger partial charge in [0.05, 0.1) is 0 Å². The van der Waals surface area contributed by atoms with Crippen molar-refractivity contribution in [2.75, 3.05) is 0 Å². The van der Waals surface area contributed by atoms with Crippen LogP contribution in [0, 0.1) is 5.92 Å². The molecule has 1 unspecified atom stereocenters. The molecule has 0 fully saturated rings. The summed E-state index contributed by atoms with van der Waals surface area (Å²) in [4.78, 5) is 11.8. The summed E-state index contributed by atoms with van der Waals surface area (Å²) in [6.07, 6.45) is 4.77. The lowest BCUT2D eigenvalue weighted by Gasteiger charge is -2.14. The highest BCUT2D eigenvalue weighted by Crippen LogP contribution is 2.19. The molecule has 0 N–H and O–H groups in total. The molecule has 1 aromatic carbocycles. The molecule has 0 bridgehead atoms. The van der Waals surface area contributed by atoms with E-state index < -0.39 is 0 Å². The molecule has 94 valence electrons. The van der Waals surface area contributed by atoms with Crippen molar-refractivity contribution >= 4 is 21.7 Å². The monoisotopic (exact) mass is 296 g/mol. The van der Waals surface area contributed by atoms with Gasteiger partial charge in [-0.1, -0.05) is 48.3 Å². The van der Waals surface area contributed by atoms with E-state index >= 15 is 0 Å². The lowest BCUT2D eigenvalue weighted by Crippen LogP contribution is -2.14. The van der Waals surface area contributed by atoms with Crippen LogP contribution in [0.25, 0.3) is 0 Å². The lowest BCUT2D eigenvalue weighted by molar-refractivity contribution is -0.123. The van der Waals surface area contributed by atoms with Gasteiger partial charge in [-0.2, -0.15) is 0 Å². The average molecular weight is 297 g/mol. The Morgan fingerprint density at radius 1 is 1.29 bits per heavy atom. The molecule has 1 rings (SSSR count). The first-order valence-corrected chi connectivity index (χ1v) is 7.23. The number of rotatable bonds is 7. The van der Waals surface area contributed by atoms with Crippen molar-refractivity contribution in [1.82, 2.24) is 0 Å². The van der Waals surface area contributed by atoms with Crippen LogP contribution in [0.3, 0.4) is 0 Å². The fourth-order valence-electron chi connectivity index (χ4n) is 2.14. The van der Waals surface area contributed by atoms with Crippen molar-refractivity contribution in [3.05, 3.63) is 34.3 Å². The third-order valence-corrected chi connectivity index (χ3v) is 3.60. The molecule has 0 aromatic heterocycles. The molecule has 0 saturated heterocycles. The third-order valence-electron chi connectivity index (χ3n) is 3.11. The van der Waals surface area contributed by atoms with Crippen molar-refractivity contribution < 1.29 is 4.79 Å². The van der Waals surface area contributed by atoms with E-state index in [1.807, 2.05) is 13.0 Å². The van der Waals surface area contributed by atoms with Crippen molar-refractivity contribution in [3.63, 3.8) is 0 Å². The zero-order chi connectivity index (χ0) is 12.7. The molecule has 0 spiro atoms. The summed E-state index contributed by atoms with van der Waals surface area (Å²) in [7, 11) is 0. The van der Waals surface area contributed by atoms with Crippen molar-refractivity contribution in [3.8, 4) is 0 Å². The van der Waals surface area contributed by atoms with Crippen molar-refractivity contribution in [2.24, 2.45) is 5.92 Å². The maximum absolute atomic E-state index is 11.8. The van der Waals surface area contributed by atoms with E-state index in [2.05, 4.69) is 41.1 Å². The molecule has 2 heteroatoms. The fourth-order valence-corrected chi connectivity index (χ4v) is 2.58. The average Bonchev–Trinajstić information content (AvgIpc) is 2.33. The molecular formula is C15H21BrO. The number of hydrogen-bond donors (Lipinski definition) is 0. The number of carbonyl (C=O) groups is 1. The van der Waals surface area contributed by atoms with E-state index in [1.165, 1.54) is 5.56 Å². The maximum atomic E-state index is 11.8. The van der Waals surface area contributed by atoms with Gasteiger partial charge in [-0.05, 0) is 37.0 Å². The molecule has 1 atom stereocenters. The first-order chi connectivity index (χ1) is 8.17. The summed E-state index contributed by atoms with van der Waals surface area (Å²) < 4.78 is 1.11. The molecule has 17 heavy (non-hydrogen) atoms. The Hall–Kier alpha value is -0.630. The van der Waals surface area contributed by atoms with Gasteiger partial charge in [-0.15, -0.1) is 0 Å². The van der Waals surface area contributed by atoms with Crippen molar-refractivity contribution in [2.45, 2.75) is 46.0 Å². The van der Waals surface area contributed by atoms with Crippen LogP contribution in [0.1, 0.15) is 45.1 Å². The fraction of sp³-hybridized carbons (Fsp3) is 0.533. The van der Waals surface area contributed by atoms with Crippen LogP contribution >= 0.6 is 15.9 Å². The molecule has 0 radical (unpaired) electrons. The minimum atomic E-state index is 0.254. The molecule has 0 amide bonds. The SMILES string of the molecule is CCCC(CCc1cccc(Br)c1)C(=O)CC. The Bertz CT molecular complexity index is 360. The second kappa shape index (κ2) is 7.65. The number of halogens is 1. The summed E-state index contributed by atoms with van der Waals surface area (Å²) in [6, 6.07) is 8.35. The molecule has 1 nitrogen and oxygen atoms in total. The van der Waals surface area contributed by atoms with Crippen LogP contribution in [0.5, 0.6) is 0 Å². The minimum Gasteiger partial charge on any atom is -0.299 e. The minimum absolute atomic E-state index is 0.254. The Morgan fingerprint density at radius 2 is 2.06 bits per heavy atom. The van der Waals surface area contributed by atoms with Gasteiger partial charge in [0.15, 0.2) is 0 Å². The second-order valence-electron chi connectivity index (χ2n) is 4.47. The number of ketones is 1. The van der Waals surface area contributed by atoms with E-state index in [0.717, 1.165) is 30.2 Å². The van der Waals surface area contributed by atoms with Gasteiger partial charge in [0, 0.05) is 16.8 Å². The van der Waals surface area contributed by atoms with Gasteiger partial charge in [-0.25, -0.2) is 0 Å². The largest absolute Gasteiger partial charge is 0.299 e. The first kappa shape index (κ1) is 14.4. The second-order valence-corrected chi connectivity index (χ2v) is 5.39. The lowest BCUT2D eigenvalue weighted by atomic mass is 9.90. The highest BCUT2D eigenvalue weighted by Gasteiger charge is 2.15. The first-order valence-electron chi connectivity index (χ1n) is 6.44. The standard InChI is InChI=1S/C15H21BrO/c1-3-6-13(15(17)4-2)10-9-12-7-5-8-14(16)11-12/h5,7-8,11,13H,3-4,6,9-10H2,1-2H3. The molecule has 0 aliphatic heterocycles. The summed E-state index contributed by atoms with van der Waals surface area (Å²) in [5.74, 6) is 0.672. The Morgan fingerprint density at radius 3 is 2.65 bits per heavy atom. The summed E-state index contributed by atoms with van der Waals surface area (Å²) in [5.41, 5.74) is 1.31. The maximum Gasteiger partial charge on any atom is 0.135 e. The van der Waals surface area contributed by atoms with Gasteiger partial charge in [0.2, 0.25) is 0 Å². The highest BCUT2D eigenvalue weighted by atomic mass is 79.9. The molecule has 0 aliphatic rings. The van der Waals surface area contributed by atoms with Gasteiger partial charge in [0.1, 0.15) is 5.78 Å². The molecular weight excluding hydrogens is 276 g/mol. The smallest absolute Gasteiger partial charge is 0.135 e. The zero-order valence-electron chi connectivity index (χ0n) is 10.7. The van der Waals surface area contributed by atoms with E-state index in [4.69, 9.17) is 0 Å². The Labute approximate surface area is 113 Å². The van der Waals surface area contributed by atoms with Crippen LogP contribution in [0.2, 0.25) is 0 Å². The summed E-state index contributed by atoms with van der Waals surface area (Å²) in [6.45, 7) is 4.11. The number of carbonyl (C=O) groups excluding carboxylic acids is 1. The predicted molar refractivity (Wildman–Crippen MR) is 76.2 cm³/mol. The van der Waals surface area contributed by atoms with Crippen LogP contribution in [0.4, 0.5) is 0 Å². The quantitative estimate of drug-likeness (QED) is 0.708. The Balaban J connectivity index is 2.54. The van der Waals surface area contributed by atoms with Crippen LogP contribution in [-0.4, -0.2) is 5.78 Å². The van der Waals surface area contributed by atoms with E-state index in [0.29, 0.717) is 12.2 Å². The zero-order valence-corrected chi connectivity index (χ0v) is 12.3. The van der Waals surface area contributed by atoms with Gasteiger partial charge < -0.3 is 0 Å². The number of benzene rings is 1. The predicted octanol–water partition coefficient (Wildman–Crippen LogP) is 4.78. The van der Waals surface area contributed by atoms with Crippen LogP contribution in [-0.2, 0) is 11.2 Å². The highest BCUT2D eigenvalue weighted by molar-refractivity contribution is 9.10. The topological polar surface area (TPSA) is 17.1 Å². The van der Waals surface area contributed by atoms with Crippen LogP contribution in [0.15, 0.2) is 28.7 Å². The summed E-state index contributed by atoms with van der Waals surface area (Å²) in [5, 5.41) is 0. The normalized spacial score (nSPS) is 12.4. The molecule has 1 aromatic rings. The van der Waals surface area contributed by atoms with Gasteiger partial charge in [0.25, 0.3) is 0 Å². The van der Waals surface area contributed by atoms with Gasteiger partial charge >= 0.3 is 0 Å². The number of Topliss-reactive ketones (excluding diaryl/α,β-unsaturated/α-hetero) is 1. The third kappa shape index (κ3) is 5.03. The van der Waals surface area contributed by atoms with Crippen molar-refractivity contribution in [1.29, 1.82) is 0 Å². The molecule has 0 saturated carbocycles. The van der Waals surface area contributed by atoms with E-state index in [1.54, 1.807) is 0 Å². The Kier molecular flexibility index (Phi) is 6.49. The van der Waals surface area contributed by atoms with E-state index in [-0.39, 0.29) is 5.92 Å². The van der Waals surface area contributed by atoms with Crippen LogP contribution < -0.4 is 0 Å².